The summed E-state index contributed by atoms with van der Waals surface area (Å²) in [5.74, 6) is 0. The van der Waals surface area contributed by atoms with E-state index >= 15 is 0 Å². The van der Waals surface area contributed by atoms with Gasteiger partial charge < -0.3 is 0 Å². The van der Waals surface area contributed by atoms with Gasteiger partial charge in [0.1, 0.15) is 0 Å². The summed E-state index contributed by atoms with van der Waals surface area (Å²) < 4.78 is 47.7. The van der Waals surface area contributed by atoms with Gasteiger partial charge in [-0.2, -0.15) is 21.0 Å². The van der Waals surface area contributed by atoms with Gasteiger partial charge in [0, 0.05) is 25.7 Å². The van der Waals surface area contributed by atoms with Crippen molar-refractivity contribution in [1.82, 2.24) is 0 Å². The van der Waals surface area contributed by atoms with Crippen LogP contribution < -0.4 is 0 Å². The molecule has 0 spiro atoms. The molecule has 1 saturated heterocycles. The van der Waals surface area contributed by atoms with E-state index in [-0.39, 0.29) is 25.7 Å². The summed E-state index contributed by atoms with van der Waals surface area (Å²) in [6, 6.07) is 6.96. The van der Waals surface area contributed by atoms with Gasteiger partial charge >= 0.3 is 0 Å². The molecule has 0 aromatic heterocycles. The predicted octanol–water partition coefficient (Wildman–Crippen LogP) is 1.44. The molecule has 0 radical (unpaired) electrons. The number of sulfone groups is 2. The first kappa shape index (κ1) is 19.9. The van der Waals surface area contributed by atoms with Gasteiger partial charge in [0.15, 0.2) is 27.8 Å². The van der Waals surface area contributed by atoms with Gasteiger partial charge in [-0.1, -0.05) is 0 Å². The van der Waals surface area contributed by atoms with E-state index in [0.29, 0.717) is 0 Å². The van der Waals surface area contributed by atoms with E-state index in [4.69, 9.17) is 21.0 Å². The molecule has 0 N–H and O–H groups in total. The molecular formula is C14H16N4O4S2. The summed E-state index contributed by atoms with van der Waals surface area (Å²) in [4.78, 5) is 0. The van der Waals surface area contributed by atoms with Gasteiger partial charge in [-0.25, -0.2) is 16.8 Å². The van der Waals surface area contributed by atoms with Crippen molar-refractivity contribution in [3.05, 3.63) is 0 Å². The Balaban J connectivity index is 3.53. The topological polar surface area (TPSA) is 163 Å². The molecule has 128 valence electrons. The summed E-state index contributed by atoms with van der Waals surface area (Å²) in [6.45, 7) is 0. The van der Waals surface area contributed by atoms with Crippen molar-refractivity contribution in [3.63, 3.8) is 0 Å². The van der Waals surface area contributed by atoms with Crippen LogP contribution in [0.1, 0.15) is 51.4 Å². The smallest absolute Gasteiger partial charge is 0.190 e. The third-order valence-electron chi connectivity index (χ3n) is 4.43. The third kappa shape index (κ3) is 2.44. The lowest BCUT2D eigenvalue weighted by molar-refractivity contribution is 0.429. The molecule has 1 heterocycles. The van der Waals surface area contributed by atoms with Crippen LogP contribution in [0.5, 0.6) is 0 Å². The van der Waals surface area contributed by atoms with E-state index < -0.39 is 53.5 Å². The first-order chi connectivity index (χ1) is 11.2. The minimum Gasteiger partial charge on any atom is -0.226 e. The largest absolute Gasteiger partial charge is 0.226 e. The van der Waals surface area contributed by atoms with Gasteiger partial charge in [-0.15, -0.1) is 0 Å². The number of nitriles is 4. The molecule has 0 amide bonds. The second kappa shape index (κ2) is 7.18. The van der Waals surface area contributed by atoms with Crippen LogP contribution in [-0.2, 0) is 19.7 Å². The van der Waals surface area contributed by atoms with Crippen molar-refractivity contribution in [1.29, 1.82) is 21.0 Å². The van der Waals surface area contributed by atoms with Gasteiger partial charge in [0.25, 0.3) is 0 Å². The highest BCUT2D eigenvalue weighted by Crippen LogP contribution is 2.60. The van der Waals surface area contributed by atoms with Crippen LogP contribution in [0.3, 0.4) is 0 Å². The van der Waals surface area contributed by atoms with Crippen LogP contribution in [0.4, 0.5) is 0 Å². The molecule has 1 rings (SSSR count). The summed E-state index contributed by atoms with van der Waals surface area (Å²) in [5.41, 5.74) is 0. The minimum absolute atomic E-state index is 0.281. The van der Waals surface area contributed by atoms with Crippen molar-refractivity contribution in [3.8, 4) is 24.3 Å². The van der Waals surface area contributed by atoms with Gasteiger partial charge in [0.05, 0.1) is 24.3 Å². The van der Waals surface area contributed by atoms with E-state index in [9.17, 15) is 16.8 Å². The SMILES string of the molecule is N#CCCC1(CCC#N)S(=O)(=O)C(CCC#N)(CCC#N)S1(=O)=O. The summed E-state index contributed by atoms with van der Waals surface area (Å²) in [5, 5.41) is 34.9. The van der Waals surface area contributed by atoms with Gasteiger partial charge in [0.2, 0.25) is 0 Å². The zero-order chi connectivity index (χ0) is 18.5. The molecule has 0 bridgehead atoms. The lowest BCUT2D eigenvalue weighted by Crippen LogP contribution is -2.74. The maximum absolute atomic E-state index is 13.0. The number of hydrogen-bond acceptors (Lipinski definition) is 8. The van der Waals surface area contributed by atoms with Crippen LogP contribution in [0.2, 0.25) is 0 Å². The predicted molar refractivity (Wildman–Crippen MR) is 82.7 cm³/mol. The molecule has 1 aliphatic heterocycles. The third-order valence-corrected chi connectivity index (χ3v) is 12.6. The highest BCUT2D eigenvalue weighted by atomic mass is 32.3. The molecule has 0 atom stereocenters. The first-order valence-corrected chi connectivity index (χ1v) is 10.2. The Morgan fingerprint density at radius 3 is 0.917 bits per heavy atom. The summed E-state index contributed by atoms with van der Waals surface area (Å²) in [7, 11) is -8.55. The summed E-state index contributed by atoms with van der Waals surface area (Å²) >= 11 is 0. The maximum atomic E-state index is 13.0. The standard InChI is InChI=1S/C14H16N4O4S2/c15-9-1-5-13(6-2-10-16)23(19,20)14(7-3-11-17,8-4-12-18)24(13,21)22/h1-8H2. The molecule has 0 saturated carbocycles. The normalized spacial score (nSPS) is 21.2. The Hall–Kier alpha value is -2.14. The molecule has 0 aromatic rings. The van der Waals surface area contributed by atoms with Gasteiger partial charge in [-0.3, -0.25) is 0 Å². The Labute approximate surface area is 141 Å². The molecule has 0 aromatic carbocycles. The van der Waals surface area contributed by atoms with Crippen LogP contribution in [0, 0.1) is 45.3 Å². The molecule has 1 fully saturated rings. The first-order valence-electron chi connectivity index (χ1n) is 7.21. The Bertz CT molecular complexity index is 730. The van der Waals surface area contributed by atoms with Crippen molar-refractivity contribution >= 4 is 19.7 Å². The number of nitrogens with zero attached hydrogens (tertiary/aromatic N) is 4. The minimum atomic E-state index is -4.28. The monoisotopic (exact) mass is 368 g/mol. The summed E-state index contributed by atoms with van der Waals surface area (Å²) in [6.07, 6.45) is -2.75. The second-order valence-corrected chi connectivity index (χ2v) is 11.1. The fourth-order valence-electron chi connectivity index (χ4n) is 3.24. The van der Waals surface area contributed by atoms with E-state index in [0.717, 1.165) is 0 Å². The number of hydrogen-bond donors (Lipinski definition) is 0. The molecule has 10 heteroatoms. The Kier molecular flexibility index (Phi) is 5.95. The van der Waals surface area contributed by atoms with E-state index in [1.807, 2.05) is 0 Å². The van der Waals surface area contributed by atoms with Crippen LogP contribution in [0.25, 0.3) is 0 Å². The fourth-order valence-corrected chi connectivity index (χ4v) is 11.2. The van der Waals surface area contributed by atoms with Crippen LogP contribution >= 0.6 is 0 Å². The molecule has 24 heavy (non-hydrogen) atoms. The highest BCUT2D eigenvalue weighted by molar-refractivity contribution is 8.27. The average molecular weight is 368 g/mol. The maximum Gasteiger partial charge on any atom is 0.190 e. The van der Waals surface area contributed by atoms with Crippen LogP contribution in [-0.4, -0.2) is 25.0 Å². The molecule has 1 aliphatic rings. The molecule has 8 nitrogen and oxygen atoms in total. The van der Waals surface area contributed by atoms with Crippen molar-refractivity contribution < 1.29 is 16.8 Å². The molecule has 0 aliphatic carbocycles. The van der Waals surface area contributed by atoms with E-state index in [1.165, 1.54) is 0 Å². The van der Waals surface area contributed by atoms with Crippen molar-refractivity contribution in [2.75, 3.05) is 0 Å². The zero-order valence-corrected chi connectivity index (χ0v) is 14.5. The average Bonchev–Trinajstić information content (AvgIpc) is 2.54. The lowest BCUT2D eigenvalue weighted by atomic mass is 10.1. The quantitative estimate of drug-likeness (QED) is 0.620. The second-order valence-electron chi connectivity index (χ2n) is 5.46. The van der Waals surface area contributed by atoms with Crippen LogP contribution in [0.15, 0.2) is 0 Å². The Morgan fingerprint density at radius 1 is 0.542 bits per heavy atom. The number of rotatable bonds is 8. The van der Waals surface area contributed by atoms with Crippen molar-refractivity contribution in [2.24, 2.45) is 0 Å². The molecular weight excluding hydrogens is 352 g/mol. The van der Waals surface area contributed by atoms with Crippen molar-refractivity contribution in [2.45, 2.75) is 59.5 Å². The lowest BCUT2D eigenvalue weighted by Gasteiger charge is -2.53. The van der Waals surface area contributed by atoms with E-state index in [2.05, 4.69) is 0 Å². The van der Waals surface area contributed by atoms with Gasteiger partial charge in [-0.05, 0) is 25.7 Å². The zero-order valence-electron chi connectivity index (χ0n) is 12.9. The highest BCUT2D eigenvalue weighted by Gasteiger charge is 2.80. The fraction of sp³-hybridized carbons (Fsp3) is 0.714. The molecule has 0 unspecified atom stereocenters. The van der Waals surface area contributed by atoms with E-state index in [1.54, 1.807) is 24.3 Å². The Morgan fingerprint density at radius 2 is 0.750 bits per heavy atom.